The molecule has 150 valence electrons. The Bertz CT molecular complexity index is 717. The molecule has 27 heavy (non-hydrogen) atoms. The zero-order valence-electron chi connectivity index (χ0n) is 17.6. The molecule has 5 aliphatic rings. The number of carbonyl (C=O) groups excluding carboxylic acids is 1. The van der Waals surface area contributed by atoms with Gasteiger partial charge < -0.3 is 10.4 Å². The summed E-state index contributed by atoms with van der Waals surface area (Å²) in [4.78, 5) is 12.5. The molecule has 5 fully saturated rings. The molecule has 5 saturated carbocycles. The second kappa shape index (κ2) is 5.27. The van der Waals surface area contributed by atoms with Crippen molar-refractivity contribution in [2.45, 2.75) is 84.3 Å². The lowest BCUT2D eigenvalue weighted by molar-refractivity contribution is -0.141. The normalized spacial score (nSPS) is 58.7. The minimum atomic E-state index is -0.449. The number of likely N-dealkylation sites (N-methyl/N-ethyl adjacent to an activating group) is 1. The van der Waals surface area contributed by atoms with Crippen molar-refractivity contribution in [2.24, 2.45) is 39.4 Å². The van der Waals surface area contributed by atoms with E-state index in [2.05, 4.69) is 32.8 Å². The summed E-state index contributed by atoms with van der Waals surface area (Å²) in [5.41, 5.74) is 2.45. The lowest BCUT2D eigenvalue weighted by atomic mass is 9.43. The first kappa shape index (κ1) is 18.4. The molecule has 9 atom stereocenters. The Morgan fingerprint density at radius 3 is 2.52 bits per heavy atom. The van der Waals surface area contributed by atoms with Gasteiger partial charge >= 0.3 is 0 Å². The lowest BCUT2D eigenvalue weighted by Crippen LogP contribution is -2.55. The van der Waals surface area contributed by atoms with Gasteiger partial charge in [-0.1, -0.05) is 26.0 Å². The average Bonchev–Trinajstić information content (AvgIpc) is 3.20. The van der Waals surface area contributed by atoms with Crippen LogP contribution in [-0.4, -0.2) is 30.1 Å². The van der Waals surface area contributed by atoms with Crippen molar-refractivity contribution in [3.8, 4) is 0 Å². The third kappa shape index (κ3) is 1.85. The molecular weight excluding hydrogens is 334 g/mol. The van der Waals surface area contributed by atoms with E-state index in [9.17, 15) is 9.90 Å². The average molecular weight is 372 g/mol. The molecule has 0 bridgehead atoms. The number of aliphatic hydroxyl groups excluding tert-OH is 1. The van der Waals surface area contributed by atoms with E-state index < -0.39 is 6.10 Å². The molecule has 0 aromatic rings. The molecule has 1 unspecified atom stereocenters. The fourth-order valence-corrected chi connectivity index (χ4v) is 9.75. The van der Waals surface area contributed by atoms with Crippen molar-refractivity contribution in [2.75, 3.05) is 7.05 Å². The summed E-state index contributed by atoms with van der Waals surface area (Å²) in [6.07, 6.45) is 9.19. The predicted octanol–water partition coefficient (Wildman–Crippen LogP) is 4.10. The van der Waals surface area contributed by atoms with Crippen molar-refractivity contribution in [1.29, 1.82) is 0 Å². The molecule has 2 spiro atoms. The zero-order chi connectivity index (χ0) is 19.4. The van der Waals surface area contributed by atoms with Crippen LogP contribution in [0.2, 0.25) is 0 Å². The van der Waals surface area contributed by atoms with Gasteiger partial charge in [-0.2, -0.15) is 0 Å². The fraction of sp³-hybridized carbons (Fsp3) is 0.875. The predicted molar refractivity (Wildman–Crippen MR) is 107 cm³/mol. The molecule has 5 aliphatic carbocycles. The molecule has 0 radical (unpaired) electrons. The second-order valence-electron chi connectivity index (χ2n) is 11.3. The number of rotatable bonds is 2. The first-order valence-electron chi connectivity index (χ1n) is 11.2. The summed E-state index contributed by atoms with van der Waals surface area (Å²) < 4.78 is 0. The summed E-state index contributed by atoms with van der Waals surface area (Å²) in [5, 5.41) is 14.4. The Balaban J connectivity index is 1.53. The summed E-state index contributed by atoms with van der Waals surface area (Å²) in [5.74, 6) is 1.38. The Labute approximate surface area is 164 Å². The van der Waals surface area contributed by atoms with Gasteiger partial charge in [0.25, 0.3) is 0 Å². The molecule has 3 nitrogen and oxygen atoms in total. The Morgan fingerprint density at radius 1 is 1.11 bits per heavy atom. The van der Waals surface area contributed by atoms with Crippen LogP contribution >= 0.6 is 0 Å². The number of hydrogen-bond acceptors (Lipinski definition) is 3. The molecule has 2 N–H and O–H groups in total. The standard InChI is InChI=1S/C24H37NO2/c1-14-16-6-7-19-22(4)12-18(27)20(15(2)26)21(22,3)10-11-24(19)13-23(16,24)9-8-17(14)25-5/h16-20,25,27H,1,6-13H2,2-5H3/t16?,17-,18+,19-,20-,21+,22-,23+,24-/m0/s1. The van der Waals surface area contributed by atoms with Crippen LogP contribution in [0.3, 0.4) is 0 Å². The van der Waals surface area contributed by atoms with Crippen LogP contribution in [-0.2, 0) is 4.79 Å². The SMILES string of the molecule is C=C1C2CC[C@@H]3[C@]4(CC[C@]5(C)[C@@H](C(C)=O)[C@H](O)C[C@@]35C)C[C@]24CC[C@@H]1NC. The van der Waals surface area contributed by atoms with E-state index in [1.54, 1.807) is 6.92 Å². The number of Topliss-reactive ketones (excluding diaryl/α,β-unsaturated/α-hetero) is 1. The van der Waals surface area contributed by atoms with Crippen LogP contribution in [0.25, 0.3) is 0 Å². The van der Waals surface area contributed by atoms with Gasteiger partial charge in [-0.05, 0) is 98.8 Å². The van der Waals surface area contributed by atoms with Gasteiger partial charge in [-0.15, -0.1) is 0 Å². The highest BCUT2D eigenvalue weighted by atomic mass is 16.3. The quantitative estimate of drug-likeness (QED) is 0.719. The van der Waals surface area contributed by atoms with Crippen LogP contribution < -0.4 is 5.32 Å². The largest absolute Gasteiger partial charge is 0.392 e. The third-order valence-corrected chi connectivity index (χ3v) is 11.0. The van der Waals surface area contributed by atoms with E-state index in [1.807, 2.05) is 0 Å². The van der Waals surface area contributed by atoms with Crippen molar-refractivity contribution in [1.82, 2.24) is 5.32 Å². The molecule has 0 heterocycles. The zero-order valence-corrected chi connectivity index (χ0v) is 17.6. The topological polar surface area (TPSA) is 49.3 Å². The highest BCUT2D eigenvalue weighted by Gasteiger charge is 2.81. The van der Waals surface area contributed by atoms with E-state index in [-0.39, 0.29) is 22.5 Å². The molecular formula is C24H37NO2. The van der Waals surface area contributed by atoms with Crippen LogP contribution in [0, 0.1) is 39.4 Å². The van der Waals surface area contributed by atoms with Crippen molar-refractivity contribution in [3.05, 3.63) is 12.2 Å². The van der Waals surface area contributed by atoms with Gasteiger partial charge in [-0.3, -0.25) is 4.79 Å². The fourth-order valence-electron chi connectivity index (χ4n) is 9.75. The van der Waals surface area contributed by atoms with Gasteiger partial charge in [0.2, 0.25) is 0 Å². The summed E-state index contributed by atoms with van der Waals surface area (Å²) in [7, 11) is 2.08. The molecule has 5 rings (SSSR count). The minimum absolute atomic E-state index is 0.0377. The van der Waals surface area contributed by atoms with Crippen LogP contribution in [0.1, 0.15) is 72.1 Å². The number of ketones is 1. The number of carbonyl (C=O) groups is 1. The smallest absolute Gasteiger partial charge is 0.136 e. The van der Waals surface area contributed by atoms with Crippen molar-refractivity contribution >= 4 is 5.78 Å². The Morgan fingerprint density at radius 2 is 1.85 bits per heavy atom. The maximum atomic E-state index is 12.5. The molecule has 0 aromatic carbocycles. The highest BCUT2D eigenvalue weighted by molar-refractivity contribution is 5.80. The van der Waals surface area contributed by atoms with E-state index in [4.69, 9.17) is 0 Å². The van der Waals surface area contributed by atoms with Crippen LogP contribution in [0.4, 0.5) is 0 Å². The van der Waals surface area contributed by atoms with Crippen molar-refractivity contribution in [3.63, 3.8) is 0 Å². The van der Waals surface area contributed by atoms with Gasteiger partial charge in [0.1, 0.15) is 5.78 Å². The minimum Gasteiger partial charge on any atom is -0.392 e. The lowest BCUT2D eigenvalue weighted by Gasteiger charge is -2.61. The molecule has 0 amide bonds. The maximum absolute atomic E-state index is 12.5. The number of nitrogens with one attached hydrogen (secondary N) is 1. The van der Waals surface area contributed by atoms with Crippen LogP contribution in [0.5, 0.6) is 0 Å². The number of aliphatic hydroxyl groups is 1. The Kier molecular flexibility index (Phi) is 3.59. The first-order chi connectivity index (χ1) is 12.7. The molecule has 3 heteroatoms. The molecule has 0 aromatic heterocycles. The van der Waals surface area contributed by atoms with E-state index in [1.165, 1.54) is 44.1 Å². The van der Waals surface area contributed by atoms with E-state index in [0.717, 1.165) is 12.8 Å². The maximum Gasteiger partial charge on any atom is 0.136 e. The van der Waals surface area contributed by atoms with Crippen LogP contribution in [0.15, 0.2) is 12.2 Å². The monoisotopic (exact) mass is 371 g/mol. The van der Waals surface area contributed by atoms with E-state index in [0.29, 0.717) is 28.7 Å². The second-order valence-corrected chi connectivity index (χ2v) is 11.3. The summed E-state index contributed by atoms with van der Waals surface area (Å²) >= 11 is 0. The summed E-state index contributed by atoms with van der Waals surface area (Å²) in [6.45, 7) is 11.0. The molecule has 0 aliphatic heterocycles. The van der Waals surface area contributed by atoms with Gasteiger partial charge in [-0.25, -0.2) is 0 Å². The summed E-state index contributed by atoms with van der Waals surface area (Å²) in [6, 6.07) is 0.495. The van der Waals surface area contributed by atoms with Crippen molar-refractivity contribution < 1.29 is 9.90 Å². The Hall–Kier alpha value is -0.670. The van der Waals surface area contributed by atoms with Gasteiger partial charge in [0.15, 0.2) is 0 Å². The van der Waals surface area contributed by atoms with E-state index >= 15 is 0 Å². The molecule has 0 saturated heterocycles. The van der Waals surface area contributed by atoms with Gasteiger partial charge in [0.05, 0.1) is 6.10 Å². The number of fused-ring (bicyclic) bond motifs is 2. The first-order valence-corrected chi connectivity index (χ1v) is 11.2. The number of hydrogen-bond donors (Lipinski definition) is 2. The van der Waals surface area contributed by atoms with Gasteiger partial charge in [0, 0.05) is 12.0 Å². The highest BCUT2D eigenvalue weighted by Crippen LogP contribution is 2.87. The third-order valence-electron chi connectivity index (χ3n) is 11.0.